The molecule has 0 unspecified atom stereocenters. The van der Waals surface area contributed by atoms with E-state index in [1.165, 1.54) is 11.8 Å². The highest BCUT2D eigenvalue weighted by Crippen LogP contribution is 2.33. The van der Waals surface area contributed by atoms with Gasteiger partial charge in [-0.25, -0.2) is 4.98 Å². The number of aromatic nitrogens is 2. The standard InChI is InChI=1S/C17H18ClF3N4O2/c1-3-13-14(16(27)24-6-4-23(5-7-24)10(2)26)25-9-11(17(19,20)21)8-12(18)15(25)22-13/h8-9H,3-7H2,1-2H3. The minimum Gasteiger partial charge on any atom is -0.339 e. The van der Waals surface area contributed by atoms with Crippen molar-refractivity contribution < 1.29 is 22.8 Å². The lowest BCUT2D eigenvalue weighted by Gasteiger charge is -2.34. The highest BCUT2D eigenvalue weighted by Gasteiger charge is 2.34. The first-order valence-electron chi connectivity index (χ1n) is 8.46. The molecule has 6 nitrogen and oxygen atoms in total. The van der Waals surface area contributed by atoms with Gasteiger partial charge in [-0.2, -0.15) is 13.2 Å². The van der Waals surface area contributed by atoms with Crippen molar-refractivity contribution in [3.05, 3.63) is 34.2 Å². The van der Waals surface area contributed by atoms with Crippen LogP contribution in [0.5, 0.6) is 0 Å². The van der Waals surface area contributed by atoms with Crippen LogP contribution in [-0.2, 0) is 17.4 Å². The Bertz CT molecular complexity index is 902. The molecule has 2 aromatic rings. The fourth-order valence-corrected chi connectivity index (χ4v) is 3.40. The Morgan fingerprint density at radius 1 is 1.19 bits per heavy atom. The first-order chi connectivity index (χ1) is 12.6. The van der Waals surface area contributed by atoms with Crippen LogP contribution in [0.4, 0.5) is 13.2 Å². The Morgan fingerprint density at radius 2 is 1.78 bits per heavy atom. The molecule has 10 heteroatoms. The predicted octanol–water partition coefficient (Wildman–Crippen LogP) is 2.87. The van der Waals surface area contributed by atoms with E-state index in [1.54, 1.807) is 11.8 Å². The van der Waals surface area contributed by atoms with Crippen LogP contribution < -0.4 is 0 Å². The Balaban J connectivity index is 2.03. The Kier molecular flexibility index (Phi) is 5.07. The Morgan fingerprint density at radius 3 is 2.30 bits per heavy atom. The number of carbonyl (C=O) groups is 2. The lowest BCUT2D eigenvalue weighted by atomic mass is 10.2. The van der Waals surface area contributed by atoms with Gasteiger partial charge in [0, 0.05) is 39.3 Å². The van der Waals surface area contributed by atoms with Crippen molar-refractivity contribution in [1.82, 2.24) is 19.2 Å². The molecule has 146 valence electrons. The van der Waals surface area contributed by atoms with Gasteiger partial charge >= 0.3 is 6.18 Å². The van der Waals surface area contributed by atoms with Gasteiger partial charge in [-0.3, -0.25) is 14.0 Å². The van der Waals surface area contributed by atoms with Crippen molar-refractivity contribution in [2.75, 3.05) is 26.2 Å². The summed E-state index contributed by atoms with van der Waals surface area (Å²) < 4.78 is 40.6. The second-order valence-corrected chi connectivity index (χ2v) is 6.73. The number of piperazine rings is 1. The lowest BCUT2D eigenvalue weighted by molar-refractivity contribution is -0.137. The number of amides is 2. The average molecular weight is 403 g/mol. The van der Waals surface area contributed by atoms with Gasteiger partial charge < -0.3 is 9.80 Å². The number of pyridine rings is 1. The number of fused-ring (bicyclic) bond motifs is 1. The molecule has 1 saturated heterocycles. The third-order valence-corrected chi connectivity index (χ3v) is 4.90. The lowest BCUT2D eigenvalue weighted by Crippen LogP contribution is -2.50. The fraction of sp³-hybridized carbons (Fsp3) is 0.471. The molecule has 3 rings (SSSR count). The van der Waals surface area contributed by atoms with Gasteiger partial charge in [0.15, 0.2) is 5.65 Å². The molecule has 0 saturated carbocycles. The highest BCUT2D eigenvalue weighted by atomic mass is 35.5. The smallest absolute Gasteiger partial charge is 0.339 e. The summed E-state index contributed by atoms with van der Waals surface area (Å²) >= 11 is 6.00. The van der Waals surface area contributed by atoms with Gasteiger partial charge in [0.25, 0.3) is 5.91 Å². The largest absolute Gasteiger partial charge is 0.417 e. The summed E-state index contributed by atoms with van der Waals surface area (Å²) in [6.45, 7) is 4.60. The fourth-order valence-electron chi connectivity index (χ4n) is 3.15. The second-order valence-electron chi connectivity index (χ2n) is 6.33. The number of hydrogen-bond donors (Lipinski definition) is 0. The predicted molar refractivity (Wildman–Crippen MR) is 92.7 cm³/mol. The van der Waals surface area contributed by atoms with Gasteiger partial charge in [-0.15, -0.1) is 0 Å². The molecule has 2 amide bonds. The molecule has 0 spiro atoms. The molecule has 0 N–H and O–H groups in total. The molecule has 2 aromatic heterocycles. The van der Waals surface area contributed by atoms with Crippen LogP contribution in [0, 0.1) is 0 Å². The molecular weight excluding hydrogens is 385 g/mol. The number of nitrogens with zero attached hydrogens (tertiary/aromatic N) is 4. The monoisotopic (exact) mass is 402 g/mol. The molecule has 0 atom stereocenters. The number of aryl methyl sites for hydroxylation is 1. The van der Waals surface area contributed by atoms with Crippen LogP contribution in [0.25, 0.3) is 5.65 Å². The minimum atomic E-state index is -4.60. The molecule has 0 aliphatic carbocycles. The summed E-state index contributed by atoms with van der Waals surface area (Å²) in [7, 11) is 0. The number of halogens is 4. The van der Waals surface area contributed by atoms with Crippen molar-refractivity contribution in [3.8, 4) is 0 Å². The molecule has 27 heavy (non-hydrogen) atoms. The zero-order valence-electron chi connectivity index (χ0n) is 14.8. The van der Waals surface area contributed by atoms with Crippen LogP contribution in [0.15, 0.2) is 12.3 Å². The maximum Gasteiger partial charge on any atom is 0.417 e. The quantitative estimate of drug-likeness (QED) is 0.776. The van der Waals surface area contributed by atoms with Crippen LogP contribution in [-0.4, -0.2) is 57.2 Å². The summed E-state index contributed by atoms with van der Waals surface area (Å²) in [6.07, 6.45) is -3.37. The van der Waals surface area contributed by atoms with Crippen molar-refractivity contribution >= 4 is 29.1 Å². The van der Waals surface area contributed by atoms with E-state index in [-0.39, 0.29) is 22.3 Å². The van der Waals surface area contributed by atoms with Gasteiger partial charge in [0.2, 0.25) is 5.91 Å². The maximum absolute atomic E-state index is 13.2. The van der Waals surface area contributed by atoms with E-state index in [0.717, 1.165) is 16.7 Å². The molecule has 1 aliphatic rings. The number of carbonyl (C=O) groups excluding carboxylic acids is 2. The van der Waals surface area contributed by atoms with E-state index in [4.69, 9.17) is 11.6 Å². The van der Waals surface area contributed by atoms with E-state index in [2.05, 4.69) is 4.98 Å². The Labute approximate surface area is 158 Å². The summed E-state index contributed by atoms with van der Waals surface area (Å²) in [4.78, 5) is 31.9. The number of hydrogen-bond acceptors (Lipinski definition) is 3. The summed E-state index contributed by atoms with van der Waals surface area (Å²) in [5.41, 5.74) is -0.366. The van der Waals surface area contributed by atoms with Crippen molar-refractivity contribution in [1.29, 1.82) is 0 Å². The first-order valence-corrected chi connectivity index (χ1v) is 8.83. The molecule has 0 bridgehead atoms. The minimum absolute atomic E-state index is 0.0762. The number of imidazole rings is 1. The Hall–Kier alpha value is -2.29. The van der Waals surface area contributed by atoms with Crippen LogP contribution in [0.2, 0.25) is 5.02 Å². The van der Waals surface area contributed by atoms with E-state index >= 15 is 0 Å². The van der Waals surface area contributed by atoms with E-state index in [9.17, 15) is 22.8 Å². The van der Waals surface area contributed by atoms with Gasteiger partial charge in [-0.1, -0.05) is 18.5 Å². The number of alkyl halides is 3. The topological polar surface area (TPSA) is 57.9 Å². The first kappa shape index (κ1) is 19.5. The molecular formula is C17H18ClF3N4O2. The third kappa shape index (κ3) is 3.60. The molecule has 0 aromatic carbocycles. The second kappa shape index (κ2) is 7.03. The van der Waals surface area contributed by atoms with Gasteiger partial charge in [0.1, 0.15) is 5.69 Å². The van der Waals surface area contributed by atoms with Crippen molar-refractivity contribution in [3.63, 3.8) is 0 Å². The normalized spacial score (nSPS) is 15.5. The van der Waals surface area contributed by atoms with Gasteiger partial charge in [0.05, 0.1) is 16.3 Å². The maximum atomic E-state index is 13.2. The van der Waals surface area contributed by atoms with Crippen molar-refractivity contribution in [2.45, 2.75) is 26.4 Å². The summed E-state index contributed by atoms with van der Waals surface area (Å²) in [5, 5.41) is -0.167. The SMILES string of the molecule is CCc1nc2c(Cl)cc(C(F)(F)F)cn2c1C(=O)N1CCN(C(C)=O)CC1. The zero-order valence-corrected chi connectivity index (χ0v) is 15.6. The van der Waals surface area contributed by atoms with Crippen LogP contribution in [0.3, 0.4) is 0 Å². The van der Waals surface area contributed by atoms with Crippen LogP contribution >= 0.6 is 11.6 Å². The molecule has 1 aliphatic heterocycles. The van der Waals surface area contributed by atoms with Crippen LogP contribution in [0.1, 0.15) is 35.6 Å². The van der Waals surface area contributed by atoms with E-state index in [1.807, 2.05) is 0 Å². The summed E-state index contributed by atoms with van der Waals surface area (Å²) in [6, 6.07) is 0.809. The third-order valence-electron chi connectivity index (χ3n) is 4.62. The average Bonchev–Trinajstić information content (AvgIpc) is 2.99. The highest BCUT2D eigenvalue weighted by molar-refractivity contribution is 6.33. The zero-order chi connectivity index (χ0) is 19.9. The molecule has 1 fully saturated rings. The van der Waals surface area contributed by atoms with E-state index < -0.39 is 17.6 Å². The summed E-state index contributed by atoms with van der Waals surface area (Å²) in [5.74, 6) is -0.495. The van der Waals surface area contributed by atoms with Gasteiger partial charge in [-0.05, 0) is 12.5 Å². The number of rotatable bonds is 2. The van der Waals surface area contributed by atoms with Crippen molar-refractivity contribution in [2.24, 2.45) is 0 Å². The molecule has 0 radical (unpaired) electrons. The van der Waals surface area contributed by atoms with E-state index in [0.29, 0.717) is 38.3 Å². The molecule has 3 heterocycles.